The number of aromatic amines is 3. The van der Waals surface area contributed by atoms with Crippen molar-refractivity contribution in [3.63, 3.8) is 0 Å². The zero-order valence-corrected chi connectivity index (χ0v) is 47.9. The molecule has 3 aliphatic heterocycles. The summed E-state index contributed by atoms with van der Waals surface area (Å²) in [4.78, 5) is 89.2. The summed E-state index contributed by atoms with van der Waals surface area (Å²) in [5.74, 6) is -2.78. The maximum Gasteiger partial charge on any atom is 0.375 e. The van der Waals surface area contributed by atoms with Crippen molar-refractivity contribution in [1.82, 2.24) is 56.2 Å². The van der Waals surface area contributed by atoms with Gasteiger partial charge in [-0.25, -0.2) is 32.9 Å². The molecule has 0 spiro atoms. The SMILES string of the molecule is C.CN1C(=O)C(N)C(F)Cc2ccccc21.CN1C(=O)[C@@H](NC(=O)c2n[nH]c(Cc3ccccc3)n2)[C@@H](F)Cc2ccccc21.CN1C(=O)[C@@H](NC(=O)c2n[nH]c(Cc3ccccc3)n2)[C@H](F)Cc2ccccc21.O=C(O)c1n[nH]c(Cc2ccccc2)n1. The number of amides is 5. The zero-order chi connectivity index (χ0) is 62.4. The van der Waals surface area contributed by atoms with E-state index < -0.39 is 66.2 Å². The van der Waals surface area contributed by atoms with Crippen molar-refractivity contribution in [2.45, 2.75) is 82.6 Å². The third-order valence-electron chi connectivity index (χ3n) is 14.6. The van der Waals surface area contributed by atoms with Crippen molar-refractivity contribution in [1.29, 1.82) is 0 Å². The van der Waals surface area contributed by atoms with Crippen LogP contribution in [0.25, 0.3) is 0 Å². The van der Waals surface area contributed by atoms with E-state index in [-0.39, 0.29) is 50.1 Å². The van der Waals surface area contributed by atoms with E-state index in [1.165, 1.54) is 14.7 Å². The Morgan fingerprint density at radius 1 is 0.472 bits per heavy atom. The summed E-state index contributed by atoms with van der Waals surface area (Å²) in [7, 11) is 4.77. The number of hydrogen-bond acceptors (Lipinski definition) is 13. The molecule has 0 saturated carbocycles. The molecule has 0 bridgehead atoms. The normalized spacial score (nSPS) is 18.4. The Balaban J connectivity index is 0.000000160. The van der Waals surface area contributed by atoms with Crippen molar-refractivity contribution in [3.8, 4) is 0 Å². The number of rotatable bonds is 11. The third kappa shape index (κ3) is 16.0. The Kier molecular flexibility index (Phi) is 21.4. The van der Waals surface area contributed by atoms with Gasteiger partial charge < -0.3 is 36.2 Å². The van der Waals surface area contributed by atoms with Crippen LogP contribution in [0.4, 0.5) is 30.2 Å². The number of aromatic carboxylic acids is 1. The van der Waals surface area contributed by atoms with Crippen molar-refractivity contribution in [3.05, 3.63) is 232 Å². The standard InChI is InChI=1S/2C21H20FN5O2.C11H13FN2O.C10H9N3O2.CH4/c2*1-27-16-10-6-5-9-14(16)12-15(22)18(21(27)29)24-20(28)19-23-17(25-26-19)11-13-7-3-2-4-8-13;1-14-9-5-3-2-4-7(9)6-8(12)10(13)11(14)15;14-10(15)9-11-8(12-13-9)6-7-4-2-1-3-5-7;/h2*2-10,15,18H,11-12H2,1H3,(H,24,28)(H,23,25,26);2-5,8,10H,6,13H2,1H3;1-5H,6H2,(H,14,15)(H,11,12,13);1H4/t15-,18+;15-,18-;;;/m10.../s1. The minimum atomic E-state index is -1.56. The second-order valence-electron chi connectivity index (χ2n) is 20.8. The molecular formula is C64H66F3N15O7. The van der Waals surface area contributed by atoms with E-state index in [4.69, 9.17) is 10.8 Å². The van der Waals surface area contributed by atoms with Gasteiger partial charge in [-0.05, 0) is 51.6 Å². The highest BCUT2D eigenvalue weighted by atomic mass is 19.1. The predicted molar refractivity (Wildman–Crippen MR) is 326 cm³/mol. The number of halogens is 3. The highest BCUT2D eigenvalue weighted by Gasteiger charge is 2.39. The van der Waals surface area contributed by atoms with Gasteiger partial charge in [0, 0.05) is 76.7 Å². The molecule has 5 amide bonds. The van der Waals surface area contributed by atoms with Gasteiger partial charge in [0.2, 0.25) is 17.6 Å². The van der Waals surface area contributed by atoms with Crippen molar-refractivity contribution in [2.24, 2.45) is 5.73 Å². The maximum atomic E-state index is 14.9. The summed E-state index contributed by atoms with van der Waals surface area (Å²) in [5, 5.41) is 33.0. The third-order valence-corrected chi connectivity index (χ3v) is 14.6. The number of carbonyl (C=O) groups is 6. The molecule has 0 aliphatic carbocycles. The molecule has 2 unspecified atom stereocenters. The van der Waals surface area contributed by atoms with Gasteiger partial charge in [-0.3, -0.25) is 39.3 Å². The van der Waals surface area contributed by atoms with E-state index in [2.05, 4.69) is 56.2 Å². The van der Waals surface area contributed by atoms with Gasteiger partial charge in [0.15, 0.2) is 0 Å². The van der Waals surface area contributed by atoms with Crippen LogP contribution in [0.5, 0.6) is 0 Å². The number of carbonyl (C=O) groups excluding carboxylic acids is 5. The molecular weight excluding hydrogens is 1150 g/mol. The van der Waals surface area contributed by atoms with Crippen molar-refractivity contribution < 1.29 is 47.0 Å². The lowest BCUT2D eigenvalue weighted by Gasteiger charge is -2.22. The molecule has 22 nitrogen and oxygen atoms in total. The van der Waals surface area contributed by atoms with E-state index >= 15 is 0 Å². The van der Waals surface area contributed by atoms with E-state index in [0.29, 0.717) is 48.1 Å². The van der Waals surface area contributed by atoms with Crippen LogP contribution < -0.4 is 31.1 Å². The van der Waals surface area contributed by atoms with E-state index in [1.54, 1.807) is 75.7 Å². The number of H-pyrrole nitrogens is 3. The van der Waals surface area contributed by atoms with Crippen LogP contribution in [0.3, 0.4) is 0 Å². The van der Waals surface area contributed by atoms with Gasteiger partial charge >= 0.3 is 5.97 Å². The number of alkyl halides is 3. The van der Waals surface area contributed by atoms with Gasteiger partial charge in [-0.1, -0.05) is 153 Å². The summed E-state index contributed by atoms with van der Waals surface area (Å²) < 4.78 is 43.3. The van der Waals surface area contributed by atoms with Crippen LogP contribution in [-0.2, 0) is 52.9 Å². The van der Waals surface area contributed by atoms with Crippen molar-refractivity contribution >= 4 is 52.6 Å². The number of nitrogens with one attached hydrogen (secondary N) is 5. The summed E-state index contributed by atoms with van der Waals surface area (Å²) >= 11 is 0. The fourth-order valence-electron chi connectivity index (χ4n) is 9.99. The first kappa shape index (κ1) is 64.3. The smallest absolute Gasteiger partial charge is 0.375 e. The number of hydrogen-bond donors (Lipinski definition) is 7. The number of nitrogens with two attached hydrogens (primary N) is 1. The molecule has 9 aromatic rings. The highest BCUT2D eigenvalue weighted by molar-refractivity contribution is 6.03. The zero-order valence-electron chi connectivity index (χ0n) is 47.9. The fourth-order valence-corrected chi connectivity index (χ4v) is 9.99. The number of fused-ring (bicyclic) bond motifs is 3. The molecule has 3 aromatic heterocycles. The van der Waals surface area contributed by atoms with Crippen LogP contribution in [0.2, 0.25) is 0 Å². The summed E-state index contributed by atoms with van der Waals surface area (Å²) in [5.41, 5.74) is 12.9. The molecule has 6 atom stereocenters. The lowest BCUT2D eigenvalue weighted by molar-refractivity contribution is -0.122. The van der Waals surface area contributed by atoms with Crippen LogP contribution in [0, 0.1) is 0 Å². The number of benzene rings is 6. The predicted octanol–water partition coefficient (Wildman–Crippen LogP) is 6.70. The number of anilines is 3. The molecule has 8 N–H and O–H groups in total. The fraction of sp³-hybridized carbons (Fsp3) is 0.250. The molecule has 89 heavy (non-hydrogen) atoms. The number of likely N-dealkylation sites (N-methyl/N-ethyl adjacent to an activating group) is 3. The minimum absolute atomic E-state index is 0. The van der Waals surface area contributed by atoms with E-state index in [9.17, 15) is 41.9 Å². The number of nitrogens with zero attached hydrogens (tertiary/aromatic N) is 9. The van der Waals surface area contributed by atoms with Crippen LogP contribution in [-0.4, -0.2) is 144 Å². The monoisotopic (exact) mass is 1210 g/mol. The molecule has 0 radical (unpaired) electrons. The van der Waals surface area contributed by atoms with E-state index in [0.717, 1.165) is 39.1 Å². The lowest BCUT2D eigenvalue weighted by atomic mass is 10.0. The van der Waals surface area contributed by atoms with Crippen LogP contribution >= 0.6 is 0 Å². The first-order valence-electron chi connectivity index (χ1n) is 27.9. The molecule has 460 valence electrons. The lowest BCUT2D eigenvalue weighted by Crippen LogP contribution is -2.52. The van der Waals surface area contributed by atoms with Gasteiger partial charge in [0.05, 0.1) is 0 Å². The first-order valence-corrected chi connectivity index (χ1v) is 27.9. The Morgan fingerprint density at radius 2 is 0.764 bits per heavy atom. The molecule has 0 saturated heterocycles. The average molecular weight is 1210 g/mol. The second-order valence-corrected chi connectivity index (χ2v) is 20.8. The quantitative estimate of drug-likeness (QED) is 0.0709. The van der Waals surface area contributed by atoms with Gasteiger partial charge in [-0.2, -0.15) is 0 Å². The van der Waals surface area contributed by atoms with Crippen LogP contribution in [0.1, 0.15) is 90.1 Å². The van der Waals surface area contributed by atoms with Gasteiger partial charge in [-0.15, -0.1) is 15.3 Å². The average Bonchev–Trinajstić information content (AvgIpc) is 2.44. The van der Waals surface area contributed by atoms with Crippen molar-refractivity contribution in [2.75, 3.05) is 35.8 Å². The number of para-hydroxylation sites is 3. The molecule has 25 heteroatoms. The van der Waals surface area contributed by atoms with Crippen LogP contribution in [0.15, 0.2) is 164 Å². The maximum absolute atomic E-state index is 14.9. The van der Waals surface area contributed by atoms with E-state index in [1.807, 2.05) is 109 Å². The molecule has 0 fully saturated rings. The highest BCUT2D eigenvalue weighted by Crippen LogP contribution is 2.30. The number of carboxylic acid groups (broad SMARTS) is 1. The van der Waals surface area contributed by atoms with Gasteiger partial charge in [0.1, 0.15) is 54.1 Å². The minimum Gasteiger partial charge on any atom is -0.475 e. The second kappa shape index (κ2) is 29.6. The Hall–Kier alpha value is -10.7. The largest absolute Gasteiger partial charge is 0.475 e. The molecule has 12 rings (SSSR count). The number of aromatic nitrogens is 9. The topological polar surface area (TPSA) is 307 Å². The molecule has 3 aliphatic rings. The first-order chi connectivity index (χ1) is 42.4. The Bertz CT molecular complexity index is 3720. The summed E-state index contributed by atoms with van der Waals surface area (Å²) in [6, 6.07) is 46.7. The number of carboxylic acids is 1. The molecule has 6 aromatic carbocycles. The Morgan fingerprint density at radius 3 is 1.10 bits per heavy atom. The molecule has 6 heterocycles. The van der Waals surface area contributed by atoms with Gasteiger partial charge in [0.25, 0.3) is 29.5 Å². The Labute approximate surface area is 510 Å². The summed E-state index contributed by atoms with van der Waals surface area (Å²) in [6.07, 6.45) is -2.63. The summed E-state index contributed by atoms with van der Waals surface area (Å²) in [6.45, 7) is 0.